The molecule has 110 valence electrons. The molecule has 2 aromatic rings. The fourth-order valence-electron chi connectivity index (χ4n) is 3.40. The SMILES string of the molecule is Cc1ccc(-c2nnc(CN3CC4CNCC4C3)o2)cc1. The van der Waals surface area contributed by atoms with Gasteiger partial charge in [0.05, 0.1) is 6.54 Å². The number of nitrogens with one attached hydrogen (secondary N) is 1. The number of aromatic nitrogens is 2. The van der Waals surface area contributed by atoms with E-state index in [2.05, 4.69) is 39.5 Å². The molecule has 0 saturated carbocycles. The van der Waals surface area contributed by atoms with E-state index in [0.717, 1.165) is 56.0 Å². The molecule has 2 unspecified atom stereocenters. The lowest BCUT2D eigenvalue weighted by Crippen LogP contribution is -2.25. The maximum atomic E-state index is 5.81. The van der Waals surface area contributed by atoms with E-state index in [-0.39, 0.29) is 0 Å². The third-order valence-electron chi connectivity index (χ3n) is 4.59. The molecule has 5 heteroatoms. The van der Waals surface area contributed by atoms with Gasteiger partial charge in [0.25, 0.3) is 0 Å². The Kier molecular flexibility index (Phi) is 3.24. The van der Waals surface area contributed by atoms with Crippen LogP contribution in [0.1, 0.15) is 11.5 Å². The van der Waals surface area contributed by atoms with Crippen molar-refractivity contribution in [3.63, 3.8) is 0 Å². The minimum absolute atomic E-state index is 0.617. The Bertz CT molecular complexity index is 609. The summed E-state index contributed by atoms with van der Waals surface area (Å²) in [5.41, 5.74) is 2.22. The normalized spacial score (nSPS) is 25.4. The fourth-order valence-corrected chi connectivity index (χ4v) is 3.40. The van der Waals surface area contributed by atoms with Crippen LogP contribution in [-0.2, 0) is 6.54 Å². The van der Waals surface area contributed by atoms with Crippen LogP contribution in [0.2, 0.25) is 0 Å². The first-order chi connectivity index (χ1) is 10.3. The summed E-state index contributed by atoms with van der Waals surface area (Å²) in [6, 6.07) is 8.18. The number of hydrogen-bond donors (Lipinski definition) is 1. The summed E-state index contributed by atoms with van der Waals surface area (Å²) >= 11 is 0. The first-order valence-corrected chi connectivity index (χ1v) is 7.60. The van der Waals surface area contributed by atoms with Gasteiger partial charge >= 0.3 is 0 Å². The van der Waals surface area contributed by atoms with Crippen molar-refractivity contribution >= 4 is 0 Å². The van der Waals surface area contributed by atoms with Crippen LogP contribution in [-0.4, -0.2) is 41.3 Å². The van der Waals surface area contributed by atoms with Gasteiger partial charge < -0.3 is 9.73 Å². The van der Waals surface area contributed by atoms with Gasteiger partial charge in [-0.05, 0) is 44.0 Å². The topological polar surface area (TPSA) is 54.2 Å². The number of fused-ring (bicyclic) bond motifs is 1. The molecule has 2 aliphatic heterocycles. The van der Waals surface area contributed by atoms with E-state index in [1.165, 1.54) is 5.56 Å². The lowest BCUT2D eigenvalue weighted by Gasteiger charge is -2.13. The van der Waals surface area contributed by atoms with E-state index in [1.54, 1.807) is 0 Å². The number of likely N-dealkylation sites (tertiary alicyclic amines) is 1. The molecule has 0 amide bonds. The molecule has 21 heavy (non-hydrogen) atoms. The second kappa shape index (κ2) is 5.24. The second-order valence-corrected chi connectivity index (χ2v) is 6.24. The standard InChI is InChI=1S/C16H20N4O/c1-11-2-4-12(5-3-11)16-19-18-15(21-16)10-20-8-13-6-17-7-14(13)9-20/h2-5,13-14,17H,6-10H2,1H3. The summed E-state index contributed by atoms with van der Waals surface area (Å²) in [5, 5.41) is 11.8. The van der Waals surface area contributed by atoms with Crippen molar-refractivity contribution in [3.05, 3.63) is 35.7 Å². The quantitative estimate of drug-likeness (QED) is 0.929. The molecule has 0 aliphatic carbocycles. The largest absolute Gasteiger partial charge is 0.419 e. The van der Waals surface area contributed by atoms with Gasteiger partial charge in [0.2, 0.25) is 11.8 Å². The molecule has 0 spiro atoms. The van der Waals surface area contributed by atoms with Gasteiger partial charge in [-0.3, -0.25) is 4.90 Å². The molecule has 2 saturated heterocycles. The van der Waals surface area contributed by atoms with Crippen molar-refractivity contribution in [2.75, 3.05) is 26.2 Å². The van der Waals surface area contributed by atoms with Crippen LogP contribution >= 0.6 is 0 Å². The average Bonchev–Trinajstić information content (AvgIpc) is 3.16. The molecule has 0 bridgehead atoms. The molecule has 2 atom stereocenters. The molecule has 4 rings (SSSR count). The number of benzene rings is 1. The number of rotatable bonds is 3. The highest BCUT2D eigenvalue weighted by molar-refractivity contribution is 5.52. The molecular formula is C16H20N4O. The van der Waals surface area contributed by atoms with Gasteiger partial charge in [-0.1, -0.05) is 17.7 Å². The fraction of sp³-hybridized carbons (Fsp3) is 0.500. The van der Waals surface area contributed by atoms with E-state index >= 15 is 0 Å². The summed E-state index contributed by atoms with van der Waals surface area (Å²) in [5.74, 6) is 2.93. The van der Waals surface area contributed by atoms with Crippen molar-refractivity contribution in [2.24, 2.45) is 11.8 Å². The Hall–Kier alpha value is -1.72. The van der Waals surface area contributed by atoms with Crippen LogP contribution in [0.25, 0.3) is 11.5 Å². The summed E-state index contributed by atoms with van der Waals surface area (Å²) in [4.78, 5) is 2.43. The lowest BCUT2D eigenvalue weighted by atomic mass is 10.0. The first-order valence-electron chi connectivity index (χ1n) is 7.60. The van der Waals surface area contributed by atoms with Crippen molar-refractivity contribution in [1.82, 2.24) is 20.4 Å². The monoisotopic (exact) mass is 284 g/mol. The van der Waals surface area contributed by atoms with Crippen molar-refractivity contribution in [3.8, 4) is 11.5 Å². The summed E-state index contributed by atoms with van der Waals surface area (Å²) in [6.45, 7) is 7.42. The summed E-state index contributed by atoms with van der Waals surface area (Å²) < 4.78 is 5.81. The summed E-state index contributed by atoms with van der Waals surface area (Å²) in [6.07, 6.45) is 0. The Morgan fingerprint density at radius 3 is 2.57 bits per heavy atom. The zero-order valence-corrected chi connectivity index (χ0v) is 12.2. The number of aryl methyl sites for hydroxylation is 1. The average molecular weight is 284 g/mol. The zero-order chi connectivity index (χ0) is 14.2. The maximum Gasteiger partial charge on any atom is 0.247 e. The Labute approximate surface area is 124 Å². The Morgan fingerprint density at radius 2 is 1.86 bits per heavy atom. The first kappa shape index (κ1) is 13.0. The van der Waals surface area contributed by atoms with Crippen LogP contribution in [0.15, 0.2) is 28.7 Å². The summed E-state index contributed by atoms with van der Waals surface area (Å²) in [7, 11) is 0. The molecule has 1 aromatic heterocycles. The highest BCUT2D eigenvalue weighted by Crippen LogP contribution is 2.27. The van der Waals surface area contributed by atoms with Gasteiger partial charge in [0, 0.05) is 18.7 Å². The minimum Gasteiger partial charge on any atom is -0.419 e. The van der Waals surface area contributed by atoms with Gasteiger partial charge in [0.1, 0.15) is 0 Å². The van der Waals surface area contributed by atoms with Crippen LogP contribution < -0.4 is 5.32 Å². The van der Waals surface area contributed by atoms with E-state index in [1.807, 2.05) is 12.1 Å². The van der Waals surface area contributed by atoms with Gasteiger partial charge in [-0.15, -0.1) is 10.2 Å². The highest BCUT2D eigenvalue weighted by atomic mass is 16.4. The van der Waals surface area contributed by atoms with Gasteiger partial charge in [-0.2, -0.15) is 0 Å². The second-order valence-electron chi connectivity index (χ2n) is 6.24. The van der Waals surface area contributed by atoms with E-state index in [9.17, 15) is 0 Å². The number of nitrogens with zero attached hydrogens (tertiary/aromatic N) is 3. The predicted octanol–water partition coefficient (Wildman–Crippen LogP) is 1.70. The lowest BCUT2D eigenvalue weighted by molar-refractivity contribution is 0.273. The van der Waals surface area contributed by atoms with Gasteiger partial charge in [0.15, 0.2) is 0 Å². The molecule has 0 radical (unpaired) electrons. The maximum absolute atomic E-state index is 5.81. The zero-order valence-electron chi connectivity index (χ0n) is 12.2. The van der Waals surface area contributed by atoms with Crippen LogP contribution in [0.3, 0.4) is 0 Å². The predicted molar refractivity (Wildman–Crippen MR) is 79.6 cm³/mol. The van der Waals surface area contributed by atoms with Gasteiger partial charge in [-0.25, -0.2) is 0 Å². The molecule has 2 aliphatic rings. The van der Waals surface area contributed by atoms with Crippen molar-refractivity contribution in [1.29, 1.82) is 0 Å². The van der Waals surface area contributed by atoms with E-state index in [4.69, 9.17) is 4.42 Å². The third-order valence-corrected chi connectivity index (χ3v) is 4.59. The van der Waals surface area contributed by atoms with Crippen LogP contribution in [0.5, 0.6) is 0 Å². The molecule has 2 fully saturated rings. The van der Waals surface area contributed by atoms with Crippen LogP contribution in [0, 0.1) is 18.8 Å². The number of hydrogen-bond acceptors (Lipinski definition) is 5. The van der Waals surface area contributed by atoms with E-state index in [0.29, 0.717) is 5.89 Å². The van der Waals surface area contributed by atoms with Crippen molar-refractivity contribution < 1.29 is 4.42 Å². The smallest absolute Gasteiger partial charge is 0.247 e. The molecule has 1 N–H and O–H groups in total. The van der Waals surface area contributed by atoms with E-state index < -0.39 is 0 Å². The minimum atomic E-state index is 0.617. The molecule has 5 nitrogen and oxygen atoms in total. The highest BCUT2D eigenvalue weighted by Gasteiger charge is 2.36. The third kappa shape index (κ3) is 2.59. The molecule has 1 aromatic carbocycles. The van der Waals surface area contributed by atoms with Crippen molar-refractivity contribution in [2.45, 2.75) is 13.5 Å². The van der Waals surface area contributed by atoms with Crippen LogP contribution in [0.4, 0.5) is 0 Å². The Balaban J connectivity index is 1.44. The Morgan fingerprint density at radius 1 is 1.14 bits per heavy atom. The molecular weight excluding hydrogens is 264 g/mol. The molecule has 3 heterocycles.